The van der Waals surface area contributed by atoms with Gasteiger partial charge in [0, 0.05) is 18.2 Å². The normalized spacial score (nSPS) is 17.4. The third-order valence-corrected chi connectivity index (χ3v) is 4.58. The monoisotopic (exact) mass is 342 g/mol. The zero-order valence-corrected chi connectivity index (χ0v) is 13.6. The van der Waals surface area contributed by atoms with Crippen LogP contribution in [-0.4, -0.2) is 22.5 Å². The van der Waals surface area contributed by atoms with Crippen molar-refractivity contribution in [3.63, 3.8) is 0 Å². The van der Waals surface area contributed by atoms with Crippen LogP contribution in [0.15, 0.2) is 57.7 Å². The number of nitrogens with zero attached hydrogens (tertiary/aromatic N) is 2. The molecule has 0 bridgehead atoms. The van der Waals surface area contributed by atoms with Gasteiger partial charge < -0.3 is 13.8 Å². The first-order valence-corrected chi connectivity index (χ1v) is 8.18. The summed E-state index contributed by atoms with van der Waals surface area (Å²) in [5.74, 6) is 1.13. The smallest absolute Gasteiger partial charge is 0.276 e. The molecule has 1 aliphatic rings. The van der Waals surface area contributed by atoms with Crippen LogP contribution in [0.1, 0.15) is 35.1 Å². The average molecular weight is 343 g/mol. The van der Waals surface area contributed by atoms with Crippen LogP contribution in [0.2, 0.25) is 5.02 Å². The SMILES string of the molecule is O=C(c1cc(-c2ccccc2Cl)on1)N1CCC[C@H]1c1ccco1. The summed E-state index contributed by atoms with van der Waals surface area (Å²) in [5, 5.41) is 4.50. The van der Waals surface area contributed by atoms with Crippen molar-refractivity contribution in [2.75, 3.05) is 6.54 Å². The van der Waals surface area contributed by atoms with Gasteiger partial charge in [-0.1, -0.05) is 28.9 Å². The number of hydrogen-bond donors (Lipinski definition) is 0. The predicted molar refractivity (Wildman–Crippen MR) is 88.7 cm³/mol. The molecule has 5 nitrogen and oxygen atoms in total. The average Bonchev–Trinajstić information content (AvgIpc) is 3.34. The van der Waals surface area contributed by atoms with E-state index >= 15 is 0 Å². The highest BCUT2D eigenvalue weighted by Crippen LogP contribution is 2.34. The lowest BCUT2D eigenvalue weighted by molar-refractivity contribution is 0.0709. The van der Waals surface area contributed by atoms with Crippen molar-refractivity contribution in [2.24, 2.45) is 0 Å². The highest BCUT2D eigenvalue weighted by molar-refractivity contribution is 6.33. The van der Waals surface area contributed by atoms with Gasteiger partial charge in [0.15, 0.2) is 11.5 Å². The van der Waals surface area contributed by atoms with E-state index < -0.39 is 0 Å². The zero-order valence-electron chi connectivity index (χ0n) is 12.8. The van der Waals surface area contributed by atoms with Gasteiger partial charge in [-0.15, -0.1) is 0 Å². The van der Waals surface area contributed by atoms with E-state index in [1.807, 2.05) is 30.3 Å². The lowest BCUT2D eigenvalue weighted by Gasteiger charge is -2.21. The molecule has 4 rings (SSSR count). The van der Waals surface area contributed by atoms with Gasteiger partial charge >= 0.3 is 0 Å². The van der Waals surface area contributed by atoms with E-state index in [-0.39, 0.29) is 17.6 Å². The molecule has 0 aliphatic carbocycles. The van der Waals surface area contributed by atoms with Crippen LogP contribution in [0, 0.1) is 0 Å². The van der Waals surface area contributed by atoms with Crippen molar-refractivity contribution in [1.82, 2.24) is 10.1 Å². The maximum Gasteiger partial charge on any atom is 0.276 e. The number of hydrogen-bond acceptors (Lipinski definition) is 4. The Bertz CT molecular complexity index is 857. The fourth-order valence-corrected chi connectivity index (χ4v) is 3.33. The van der Waals surface area contributed by atoms with Gasteiger partial charge in [0.05, 0.1) is 17.3 Å². The zero-order chi connectivity index (χ0) is 16.5. The van der Waals surface area contributed by atoms with Gasteiger partial charge in [-0.3, -0.25) is 4.79 Å². The van der Waals surface area contributed by atoms with Crippen LogP contribution in [-0.2, 0) is 0 Å². The van der Waals surface area contributed by atoms with E-state index in [0.29, 0.717) is 17.3 Å². The molecule has 0 N–H and O–H groups in total. The molecule has 1 aromatic carbocycles. The van der Waals surface area contributed by atoms with Gasteiger partial charge in [0.25, 0.3) is 5.91 Å². The largest absolute Gasteiger partial charge is 0.467 e. The first-order valence-electron chi connectivity index (χ1n) is 7.80. The Morgan fingerprint density at radius 2 is 2.12 bits per heavy atom. The number of likely N-dealkylation sites (tertiary alicyclic amines) is 1. The number of rotatable bonds is 3. The predicted octanol–water partition coefficient (Wildman–Crippen LogP) is 4.57. The van der Waals surface area contributed by atoms with Gasteiger partial charge in [0.2, 0.25) is 0 Å². The van der Waals surface area contributed by atoms with Crippen LogP contribution < -0.4 is 0 Å². The van der Waals surface area contributed by atoms with Crippen molar-refractivity contribution in [1.29, 1.82) is 0 Å². The second-order valence-corrected chi connectivity index (χ2v) is 6.14. The summed E-state index contributed by atoms with van der Waals surface area (Å²) in [6.45, 7) is 0.679. The Hall–Kier alpha value is -2.53. The van der Waals surface area contributed by atoms with E-state index in [4.69, 9.17) is 20.5 Å². The number of furan rings is 1. The summed E-state index contributed by atoms with van der Waals surface area (Å²) in [5.41, 5.74) is 0.998. The molecule has 1 amide bonds. The van der Waals surface area contributed by atoms with E-state index in [2.05, 4.69) is 5.16 Å². The van der Waals surface area contributed by atoms with Crippen molar-refractivity contribution < 1.29 is 13.7 Å². The number of halogens is 1. The third kappa shape index (κ3) is 2.61. The minimum Gasteiger partial charge on any atom is -0.467 e. The van der Waals surface area contributed by atoms with Gasteiger partial charge in [-0.05, 0) is 37.1 Å². The van der Waals surface area contributed by atoms with Crippen LogP contribution in [0.4, 0.5) is 0 Å². The lowest BCUT2D eigenvalue weighted by Crippen LogP contribution is -2.30. The molecule has 2 aromatic heterocycles. The molecule has 3 heterocycles. The Labute approximate surface area is 143 Å². The Balaban J connectivity index is 1.60. The summed E-state index contributed by atoms with van der Waals surface area (Å²) in [7, 11) is 0. The van der Waals surface area contributed by atoms with E-state index in [0.717, 1.165) is 24.2 Å². The molecule has 0 unspecified atom stereocenters. The van der Waals surface area contributed by atoms with Gasteiger partial charge in [0.1, 0.15) is 5.76 Å². The highest BCUT2D eigenvalue weighted by Gasteiger charge is 2.33. The first kappa shape index (κ1) is 15.0. The summed E-state index contributed by atoms with van der Waals surface area (Å²) in [6.07, 6.45) is 3.45. The summed E-state index contributed by atoms with van der Waals surface area (Å²) in [4.78, 5) is 14.6. The fraction of sp³-hybridized carbons (Fsp3) is 0.222. The number of carbonyl (C=O) groups is 1. The minimum absolute atomic E-state index is 0.0482. The van der Waals surface area contributed by atoms with Crippen molar-refractivity contribution in [3.8, 4) is 11.3 Å². The first-order chi connectivity index (χ1) is 11.7. The lowest BCUT2D eigenvalue weighted by atomic mass is 10.1. The Morgan fingerprint density at radius 3 is 2.92 bits per heavy atom. The van der Waals surface area contributed by atoms with Crippen molar-refractivity contribution in [2.45, 2.75) is 18.9 Å². The van der Waals surface area contributed by atoms with E-state index in [9.17, 15) is 4.79 Å². The molecule has 0 radical (unpaired) electrons. The topological polar surface area (TPSA) is 59.5 Å². The number of amides is 1. The molecule has 6 heteroatoms. The Morgan fingerprint density at radius 1 is 1.25 bits per heavy atom. The molecule has 1 atom stereocenters. The molecule has 3 aromatic rings. The van der Waals surface area contributed by atoms with Gasteiger partial charge in [-0.2, -0.15) is 0 Å². The molecule has 1 aliphatic heterocycles. The van der Waals surface area contributed by atoms with Crippen LogP contribution >= 0.6 is 11.6 Å². The number of aromatic nitrogens is 1. The molecule has 0 saturated carbocycles. The number of benzene rings is 1. The molecule has 24 heavy (non-hydrogen) atoms. The summed E-state index contributed by atoms with van der Waals surface area (Å²) >= 11 is 6.17. The highest BCUT2D eigenvalue weighted by atomic mass is 35.5. The maximum absolute atomic E-state index is 12.8. The minimum atomic E-state index is -0.157. The summed E-state index contributed by atoms with van der Waals surface area (Å²) < 4.78 is 10.8. The van der Waals surface area contributed by atoms with E-state index in [1.54, 1.807) is 23.3 Å². The maximum atomic E-state index is 12.8. The Kier molecular flexibility index (Phi) is 3.86. The fourth-order valence-electron chi connectivity index (χ4n) is 3.10. The van der Waals surface area contributed by atoms with Crippen LogP contribution in [0.5, 0.6) is 0 Å². The second-order valence-electron chi connectivity index (χ2n) is 5.73. The standard InChI is InChI=1S/C18H15ClN2O3/c19-13-6-2-1-5-12(13)17-11-14(20-24-17)18(22)21-9-3-7-15(21)16-8-4-10-23-16/h1-2,4-6,8,10-11,15H,3,7,9H2/t15-/m0/s1. The molecule has 122 valence electrons. The van der Waals surface area contributed by atoms with Gasteiger partial charge in [-0.25, -0.2) is 0 Å². The molecule has 1 saturated heterocycles. The van der Waals surface area contributed by atoms with Crippen LogP contribution in [0.3, 0.4) is 0 Å². The van der Waals surface area contributed by atoms with Crippen molar-refractivity contribution in [3.05, 3.63) is 65.2 Å². The number of carbonyl (C=O) groups excluding carboxylic acids is 1. The van der Waals surface area contributed by atoms with Crippen LogP contribution in [0.25, 0.3) is 11.3 Å². The molecular weight excluding hydrogens is 328 g/mol. The summed E-state index contributed by atoms with van der Waals surface area (Å²) in [6, 6.07) is 12.6. The third-order valence-electron chi connectivity index (χ3n) is 4.25. The molecule has 1 fully saturated rings. The molecule has 0 spiro atoms. The quantitative estimate of drug-likeness (QED) is 0.699. The second kappa shape index (κ2) is 6.17. The van der Waals surface area contributed by atoms with Crippen molar-refractivity contribution >= 4 is 17.5 Å². The van der Waals surface area contributed by atoms with E-state index in [1.165, 1.54) is 0 Å². The molecular formula is C18H15ClN2O3.